The second-order valence-corrected chi connectivity index (χ2v) is 6.06. The van der Waals surface area contributed by atoms with Crippen LogP contribution in [0.1, 0.15) is 16.7 Å². The topological polar surface area (TPSA) is 38.0 Å². The number of nitrogens with one attached hydrogen (secondary N) is 1. The van der Waals surface area contributed by atoms with Crippen LogP contribution in [0.25, 0.3) is 0 Å². The van der Waals surface area contributed by atoms with E-state index in [-0.39, 0.29) is 10.8 Å². The molecular weight excluding hydrogens is 347 g/mol. The first-order valence-electron chi connectivity index (χ1n) is 5.54. The highest BCUT2D eigenvalue weighted by atomic mass is 79.9. The van der Waals surface area contributed by atoms with E-state index in [1.54, 1.807) is 23.5 Å². The summed E-state index contributed by atoms with van der Waals surface area (Å²) in [5.74, 6) is -0.377. The molecule has 19 heavy (non-hydrogen) atoms. The normalized spacial score (nSPS) is 10.5. The van der Waals surface area contributed by atoms with Crippen molar-refractivity contribution in [1.82, 2.24) is 0 Å². The molecule has 1 aromatic carbocycles. The highest BCUT2D eigenvalue weighted by molar-refractivity contribution is 9.10. The second kappa shape index (κ2) is 5.98. The number of halogens is 2. The number of nitrogens with two attached hydrogens (primary N) is 1. The van der Waals surface area contributed by atoms with Gasteiger partial charge in [0.05, 0.1) is 10.2 Å². The number of thiophene rings is 1. The van der Waals surface area contributed by atoms with Crippen molar-refractivity contribution >= 4 is 50.2 Å². The molecule has 6 heteroatoms. The molecule has 0 spiro atoms. The quantitative estimate of drug-likeness (QED) is 0.804. The van der Waals surface area contributed by atoms with Crippen LogP contribution in [0.3, 0.4) is 0 Å². The average molecular weight is 359 g/mol. The zero-order valence-electron chi connectivity index (χ0n) is 10.2. The fourth-order valence-electron chi connectivity index (χ4n) is 1.63. The van der Waals surface area contributed by atoms with E-state index in [9.17, 15) is 4.39 Å². The van der Waals surface area contributed by atoms with Crippen molar-refractivity contribution in [3.8, 4) is 0 Å². The average Bonchev–Trinajstić information content (AvgIpc) is 2.76. The molecule has 2 rings (SSSR count). The molecule has 0 aliphatic heterocycles. The van der Waals surface area contributed by atoms with Gasteiger partial charge >= 0.3 is 0 Å². The summed E-state index contributed by atoms with van der Waals surface area (Å²) < 4.78 is 14.4. The Morgan fingerprint density at radius 3 is 2.79 bits per heavy atom. The van der Waals surface area contributed by atoms with E-state index in [2.05, 4.69) is 32.0 Å². The minimum absolute atomic E-state index is 0.172. The fourth-order valence-corrected chi connectivity index (χ4v) is 3.35. The van der Waals surface area contributed by atoms with Crippen molar-refractivity contribution in [3.05, 3.63) is 49.9 Å². The van der Waals surface area contributed by atoms with Gasteiger partial charge in [0, 0.05) is 12.1 Å². The number of aryl methyl sites for hydroxylation is 1. The van der Waals surface area contributed by atoms with E-state index in [1.165, 1.54) is 11.1 Å². The zero-order valence-corrected chi connectivity index (χ0v) is 13.4. The Hall–Kier alpha value is -0.980. The van der Waals surface area contributed by atoms with Gasteiger partial charge in [0.15, 0.2) is 5.82 Å². The van der Waals surface area contributed by atoms with Crippen LogP contribution < -0.4 is 11.1 Å². The molecule has 0 radical (unpaired) electrons. The third-order valence-corrected chi connectivity index (χ3v) is 4.68. The SMILES string of the molecule is Cc1cscc1CNc1ccc(C(N)=S)c(Br)c1F. The second-order valence-electron chi connectivity index (χ2n) is 4.09. The van der Waals surface area contributed by atoms with Crippen LogP contribution in [-0.4, -0.2) is 4.99 Å². The van der Waals surface area contributed by atoms with Crippen molar-refractivity contribution in [2.75, 3.05) is 5.32 Å². The van der Waals surface area contributed by atoms with E-state index in [0.29, 0.717) is 22.3 Å². The summed E-state index contributed by atoms with van der Waals surface area (Å²) in [5, 5.41) is 7.20. The summed E-state index contributed by atoms with van der Waals surface area (Å²) in [5.41, 5.74) is 8.82. The van der Waals surface area contributed by atoms with Gasteiger partial charge < -0.3 is 11.1 Å². The van der Waals surface area contributed by atoms with Crippen LogP contribution in [0.2, 0.25) is 0 Å². The third-order valence-electron chi connectivity index (χ3n) is 2.78. The van der Waals surface area contributed by atoms with Crippen molar-refractivity contribution in [2.24, 2.45) is 5.73 Å². The Balaban J connectivity index is 2.20. The maximum atomic E-state index is 14.1. The van der Waals surface area contributed by atoms with E-state index >= 15 is 0 Å². The molecule has 1 aromatic heterocycles. The maximum absolute atomic E-state index is 14.1. The number of hydrogen-bond donors (Lipinski definition) is 2. The fraction of sp³-hybridized carbons (Fsp3) is 0.154. The van der Waals surface area contributed by atoms with Gasteiger partial charge in [-0.3, -0.25) is 0 Å². The molecule has 3 N–H and O–H groups in total. The predicted octanol–water partition coefficient (Wildman–Crippen LogP) is 4.20. The molecule has 0 aliphatic rings. The van der Waals surface area contributed by atoms with Crippen molar-refractivity contribution in [3.63, 3.8) is 0 Å². The Morgan fingerprint density at radius 1 is 1.47 bits per heavy atom. The first kappa shape index (κ1) is 14.4. The highest BCUT2D eigenvalue weighted by Crippen LogP contribution is 2.27. The lowest BCUT2D eigenvalue weighted by Crippen LogP contribution is -2.12. The molecule has 0 amide bonds. The van der Waals surface area contributed by atoms with E-state index < -0.39 is 0 Å². The number of anilines is 1. The summed E-state index contributed by atoms with van der Waals surface area (Å²) in [4.78, 5) is 0.172. The van der Waals surface area contributed by atoms with E-state index in [0.717, 1.165) is 0 Å². The van der Waals surface area contributed by atoms with Crippen LogP contribution in [0.5, 0.6) is 0 Å². The summed E-state index contributed by atoms with van der Waals surface area (Å²) in [6.07, 6.45) is 0. The lowest BCUT2D eigenvalue weighted by molar-refractivity contribution is 0.623. The molecule has 1 heterocycles. The monoisotopic (exact) mass is 358 g/mol. The summed E-state index contributed by atoms with van der Waals surface area (Å²) in [6, 6.07) is 3.36. The molecular formula is C13H12BrFN2S2. The Labute approximate surface area is 129 Å². The molecule has 0 bridgehead atoms. The van der Waals surface area contributed by atoms with Gasteiger partial charge in [-0.1, -0.05) is 12.2 Å². The number of hydrogen-bond acceptors (Lipinski definition) is 3. The van der Waals surface area contributed by atoms with Gasteiger partial charge in [-0.05, 0) is 56.9 Å². The van der Waals surface area contributed by atoms with Gasteiger partial charge in [0.25, 0.3) is 0 Å². The highest BCUT2D eigenvalue weighted by Gasteiger charge is 2.12. The van der Waals surface area contributed by atoms with Crippen LogP contribution in [0.4, 0.5) is 10.1 Å². The molecule has 0 atom stereocenters. The molecule has 2 aromatic rings. The van der Waals surface area contributed by atoms with Gasteiger partial charge in [-0.25, -0.2) is 4.39 Å². The molecule has 0 saturated carbocycles. The van der Waals surface area contributed by atoms with E-state index in [4.69, 9.17) is 18.0 Å². The molecule has 0 unspecified atom stereocenters. The van der Waals surface area contributed by atoms with Crippen molar-refractivity contribution < 1.29 is 4.39 Å². The van der Waals surface area contributed by atoms with Gasteiger partial charge in [0.1, 0.15) is 4.99 Å². The summed E-state index contributed by atoms with van der Waals surface area (Å²) >= 11 is 9.68. The first-order chi connectivity index (χ1) is 9.00. The summed E-state index contributed by atoms with van der Waals surface area (Å²) in [7, 11) is 0. The van der Waals surface area contributed by atoms with Crippen molar-refractivity contribution in [1.29, 1.82) is 0 Å². The van der Waals surface area contributed by atoms with E-state index in [1.807, 2.05) is 6.92 Å². The molecule has 0 fully saturated rings. The van der Waals surface area contributed by atoms with Gasteiger partial charge in [-0.15, -0.1) is 0 Å². The molecule has 100 valence electrons. The molecule has 0 saturated heterocycles. The number of benzene rings is 1. The van der Waals surface area contributed by atoms with Crippen LogP contribution in [0.15, 0.2) is 27.4 Å². The lowest BCUT2D eigenvalue weighted by atomic mass is 10.2. The first-order valence-corrected chi connectivity index (χ1v) is 7.68. The largest absolute Gasteiger partial charge is 0.389 e. The third kappa shape index (κ3) is 3.13. The summed E-state index contributed by atoms with van der Waals surface area (Å²) in [6.45, 7) is 2.63. The van der Waals surface area contributed by atoms with Gasteiger partial charge in [0.2, 0.25) is 0 Å². The van der Waals surface area contributed by atoms with Crippen LogP contribution in [-0.2, 0) is 6.54 Å². The maximum Gasteiger partial charge on any atom is 0.161 e. The Kier molecular flexibility index (Phi) is 4.54. The van der Waals surface area contributed by atoms with Crippen LogP contribution in [0, 0.1) is 12.7 Å². The minimum atomic E-state index is -0.377. The number of rotatable bonds is 4. The van der Waals surface area contributed by atoms with Crippen molar-refractivity contribution in [2.45, 2.75) is 13.5 Å². The predicted molar refractivity (Wildman–Crippen MR) is 86.4 cm³/mol. The Morgan fingerprint density at radius 2 is 2.21 bits per heavy atom. The molecule has 2 nitrogen and oxygen atoms in total. The zero-order chi connectivity index (χ0) is 14.0. The van der Waals surface area contributed by atoms with Crippen LogP contribution >= 0.6 is 39.5 Å². The lowest BCUT2D eigenvalue weighted by Gasteiger charge is -2.11. The Bertz CT molecular complexity index is 625. The molecule has 0 aliphatic carbocycles. The minimum Gasteiger partial charge on any atom is -0.389 e. The smallest absolute Gasteiger partial charge is 0.161 e. The number of thiocarbonyl (C=S) groups is 1. The standard InChI is InChI=1S/C13H12BrFN2S2/c1-7-5-19-6-8(7)4-17-10-3-2-9(13(16)18)11(14)12(10)15/h2-3,5-6,17H,4H2,1H3,(H2,16,18). The van der Waals surface area contributed by atoms with Gasteiger partial charge in [-0.2, -0.15) is 11.3 Å².